The average Bonchev–Trinajstić information content (AvgIpc) is 2.36. The zero-order chi connectivity index (χ0) is 13.8. The van der Waals surface area contributed by atoms with Gasteiger partial charge in [-0.25, -0.2) is 8.78 Å². The molecule has 0 bridgehead atoms. The van der Waals surface area contributed by atoms with E-state index in [9.17, 15) is 13.6 Å². The second-order valence-electron chi connectivity index (χ2n) is 4.51. The van der Waals surface area contributed by atoms with Crippen LogP contribution in [-0.4, -0.2) is 5.78 Å². The van der Waals surface area contributed by atoms with E-state index in [1.807, 2.05) is 31.2 Å². The summed E-state index contributed by atoms with van der Waals surface area (Å²) >= 11 is 0. The maximum Gasteiger partial charge on any atom is 0.169 e. The summed E-state index contributed by atoms with van der Waals surface area (Å²) in [5.74, 6) is -2.10. The third-order valence-corrected chi connectivity index (χ3v) is 2.96. The molecule has 0 atom stereocenters. The standard InChI is InChI=1S/C16H14F2O/c1-11-4-2-5-12(10-11)8-9-15(19)16-13(17)6-3-7-14(16)18/h2-7,10H,8-9H2,1H3. The number of hydrogen-bond donors (Lipinski definition) is 0. The van der Waals surface area contributed by atoms with Gasteiger partial charge in [-0.1, -0.05) is 35.9 Å². The zero-order valence-corrected chi connectivity index (χ0v) is 10.6. The van der Waals surface area contributed by atoms with E-state index in [4.69, 9.17) is 0 Å². The number of carbonyl (C=O) groups excluding carboxylic acids is 1. The van der Waals surface area contributed by atoms with Gasteiger partial charge in [0.05, 0.1) is 5.56 Å². The normalized spacial score (nSPS) is 10.5. The summed E-state index contributed by atoms with van der Waals surface area (Å²) in [6.07, 6.45) is 0.579. The Balaban J connectivity index is 2.10. The Morgan fingerprint density at radius 1 is 1.05 bits per heavy atom. The summed E-state index contributed by atoms with van der Waals surface area (Å²) in [6, 6.07) is 11.2. The van der Waals surface area contributed by atoms with Crippen LogP contribution in [0.3, 0.4) is 0 Å². The van der Waals surface area contributed by atoms with Crippen molar-refractivity contribution >= 4 is 5.78 Å². The minimum absolute atomic E-state index is 0.0985. The molecule has 2 aromatic rings. The molecule has 3 heteroatoms. The number of ketones is 1. The molecule has 0 fully saturated rings. The number of Topliss-reactive ketones (excluding diaryl/α,β-unsaturated/α-hetero) is 1. The van der Waals surface area contributed by atoms with Crippen LogP contribution in [0.15, 0.2) is 42.5 Å². The van der Waals surface area contributed by atoms with Crippen LogP contribution in [-0.2, 0) is 6.42 Å². The van der Waals surface area contributed by atoms with E-state index in [1.165, 1.54) is 6.07 Å². The lowest BCUT2D eigenvalue weighted by Gasteiger charge is -2.05. The third-order valence-electron chi connectivity index (χ3n) is 2.96. The van der Waals surface area contributed by atoms with Crippen LogP contribution in [0.4, 0.5) is 8.78 Å². The lowest BCUT2D eigenvalue weighted by molar-refractivity contribution is 0.0974. The maximum absolute atomic E-state index is 13.4. The molecule has 0 spiro atoms. The van der Waals surface area contributed by atoms with Gasteiger partial charge in [-0.3, -0.25) is 4.79 Å². The Morgan fingerprint density at radius 3 is 2.32 bits per heavy atom. The first-order chi connectivity index (χ1) is 9.08. The van der Waals surface area contributed by atoms with Crippen LogP contribution in [0, 0.1) is 18.6 Å². The van der Waals surface area contributed by atoms with E-state index < -0.39 is 23.0 Å². The van der Waals surface area contributed by atoms with E-state index in [1.54, 1.807) is 0 Å². The Labute approximate surface area is 110 Å². The Hall–Kier alpha value is -2.03. The van der Waals surface area contributed by atoms with Crippen LogP contribution in [0.1, 0.15) is 27.9 Å². The van der Waals surface area contributed by atoms with Gasteiger partial charge in [0.15, 0.2) is 5.78 Å². The number of halogens is 2. The predicted octanol–water partition coefficient (Wildman–Crippen LogP) is 4.09. The van der Waals surface area contributed by atoms with Gasteiger partial charge in [-0.2, -0.15) is 0 Å². The molecule has 1 nitrogen and oxygen atoms in total. The van der Waals surface area contributed by atoms with Crippen molar-refractivity contribution in [1.82, 2.24) is 0 Å². The zero-order valence-electron chi connectivity index (χ0n) is 10.6. The van der Waals surface area contributed by atoms with Gasteiger partial charge in [0, 0.05) is 6.42 Å². The van der Waals surface area contributed by atoms with Crippen LogP contribution >= 0.6 is 0 Å². The van der Waals surface area contributed by atoms with Crippen LogP contribution in [0.2, 0.25) is 0 Å². The fraction of sp³-hybridized carbons (Fsp3) is 0.188. The molecule has 0 amide bonds. The molecule has 0 heterocycles. The van der Waals surface area contributed by atoms with Crippen molar-refractivity contribution in [3.8, 4) is 0 Å². The molecule has 0 aliphatic heterocycles. The SMILES string of the molecule is Cc1cccc(CCC(=O)c2c(F)cccc2F)c1. The van der Waals surface area contributed by atoms with Gasteiger partial charge in [0.2, 0.25) is 0 Å². The van der Waals surface area contributed by atoms with Gasteiger partial charge in [-0.15, -0.1) is 0 Å². The average molecular weight is 260 g/mol. The van der Waals surface area contributed by atoms with Gasteiger partial charge < -0.3 is 0 Å². The Morgan fingerprint density at radius 2 is 1.68 bits per heavy atom. The summed E-state index contributed by atoms with van der Waals surface area (Å²) in [5.41, 5.74) is 1.65. The van der Waals surface area contributed by atoms with Crippen LogP contribution in [0.5, 0.6) is 0 Å². The molecule has 98 valence electrons. The molecule has 0 aromatic heterocycles. The van der Waals surface area contributed by atoms with Gasteiger partial charge >= 0.3 is 0 Å². The van der Waals surface area contributed by atoms with Crippen LogP contribution in [0.25, 0.3) is 0 Å². The Bertz CT molecular complexity index is 585. The molecular weight excluding hydrogens is 246 g/mol. The molecule has 0 radical (unpaired) electrons. The highest BCUT2D eigenvalue weighted by Gasteiger charge is 2.16. The minimum atomic E-state index is -0.797. The molecular formula is C16H14F2O. The molecule has 19 heavy (non-hydrogen) atoms. The predicted molar refractivity (Wildman–Crippen MR) is 70.2 cm³/mol. The van der Waals surface area contributed by atoms with Crippen molar-refractivity contribution in [3.63, 3.8) is 0 Å². The number of benzene rings is 2. The molecule has 2 aromatic carbocycles. The van der Waals surface area contributed by atoms with Crippen molar-refractivity contribution < 1.29 is 13.6 Å². The van der Waals surface area contributed by atoms with Gasteiger partial charge in [-0.05, 0) is 31.0 Å². The van der Waals surface area contributed by atoms with E-state index in [0.29, 0.717) is 6.42 Å². The van der Waals surface area contributed by atoms with E-state index >= 15 is 0 Å². The fourth-order valence-corrected chi connectivity index (χ4v) is 2.01. The highest BCUT2D eigenvalue weighted by molar-refractivity contribution is 5.96. The number of aryl methyl sites for hydroxylation is 2. The maximum atomic E-state index is 13.4. The van der Waals surface area contributed by atoms with Crippen molar-refractivity contribution in [2.24, 2.45) is 0 Å². The molecule has 0 N–H and O–H groups in total. The summed E-state index contributed by atoms with van der Waals surface area (Å²) in [7, 11) is 0. The largest absolute Gasteiger partial charge is 0.294 e. The first kappa shape index (κ1) is 13.4. The third kappa shape index (κ3) is 3.25. The van der Waals surface area contributed by atoms with Gasteiger partial charge in [0.1, 0.15) is 11.6 Å². The molecule has 2 rings (SSSR count). The lowest BCUT2D eigenvalue weighted by atomic mass is 10.0. The molecule has 0 aliphatic rings. The quantitative estimate of drug-likeness (QED) is 0.757. The van der Waals surface area contributed by atoms with E-state index in [0.717, 1.165) is 23.3 Å². The molecule has 0 unspecified atom stereocenters. The van der Waals surface area contributed by atoms with Crippen molar-refractivity contribution in [2.45, 2.75) is 19.8 Å². The summed E-state index contributed by atoms with van der Waals surface area (Å²) in [5, 5.41) is 0. The highest BCUT2D eigenvalue weighted by atomic mass is 19.1. The van der Waals surface area contributed by atoms with Crippen molar-refractivity contribution in [1.29, 1.82) is 0 Å². The smallest absolute Gasteiger partial charge is 0.169 e. The van der Waals surface area contributed by atoms with Gasteiger partial charge in [0.25, 0.3) is 0 Å². The van der Waals surface area contributed by atoms with E-state index in [-0.39, 0.29) is 6.42 Å². The summed E-state index contributed by atoms with van der Waals surface area (Å²) in [4.78, 5) is 11.9. The monoisotopic (exact) mass is 260 g/mol. The molecule has 0 saturated heterocycles. The summed E-state index contributed by atoms with van der Waals surface area (Å²) in [6.45, 7) is 1.96. The van der Waals surface area contributed by atoms with Crippen molar-refractivity contribution in [3.05, 3.63) is 70.8 Å². The number of carbonyl (C=O) groups is 1. The number of hydrogen-bond acceptors (Lipinski definition) is 1. The van der Waals surface area contributed by atoms with E-state index in [2.05, 4.69) is 0 Å². The highest BCUT2D eigenvalue weighted by Crippen LogP contribution is 2.16. The second kappa shape index (κ2) is 5.74. The Kier molecular flexibility index (Phi) is 4.05. The minimum Gasteiger partial charge on any atom is -0.294 e. The van der Waals surface area contributed by atoms with Crippen LogP contribution < -0.4 is 0 Å². The molecule has 0 saturated carbocycles. The first-order valence-electron chi connectivity index (χ1n) is 6.10. The molecule has 0 aliphatic carbocycles. The summed E-state index contributed by atoms with van der Waals surface area (Å²) < 4.78 is 26.9. The lowest BCUT2D eigenvalue weighted by Crippen LogP contribution is -2.07. The number of rotatable bonds is 4. The fourth-order valence-electron chi connectivity index (χ4n) is 2.01. The topological polar surface area (TPSA) is 17.1 Å². The van der Waals surface area contributed by atoms with Crippen molar-refractivity contribution in [2.75, 3.05) is 0 Å². The first-order valence-corrected chi connectivity index (χ1v) is 6.10. The second-order valence-corrected chi connectivity index (χ2v) is 4.51.